The third kappa shape index (κ3) is 3.93. The molecule has 0 bridgehead atoms. The van der Waals surface area contributed by atoms with Crippen molar-refractivity contribution in [2.24, 2.45) is 11.1 Å². The first-order valence-corrected chi connectivity index (χ1v) is 9.46. The van der Waals surface area contributed by atoms with Crippen molar-refractivity contribution in [3.8, 4) is 0 Å². The number of nitrogens with one attached hydrogen (secondary N) is 1. The smallest absolute Gasteiger partial charge is 0.0642 e. The van der Waals surface area contributed by atoms with Crippen molar-refractivity contribution in [1.29, 1.82) is 0 Å². The molecule has 0 unspecified atom stereocenters. The minimum absolute atomic E-state index is 0.0938. The van der Waals surface area contributed by atoms with Crippen molar-refractivity contribution in [2.75, 3.05) is 0 Å². The molecular formula is C24H24N2O. The summed E-state index contributed by atoms with van der Waals surface area (Å²) in [6.07, 6.45) is 1.55. The molecule has 1 heterocycles. The molecular weight excluding hydrogens is 332 g/mol. The molecule has 1 saturated heterocycles. The third-order valence-electron chi connectivity index (χ3n) is 5.41. The van der Waals surface area contributed by atoms with E-state index in [4.69, 9.17) is 0 Å². The Labute approximate surface area is 160 Å². The van der Waals surface area contributed by atoms with E-state index in [1.807, 2.05) is 18.2 Å². The van der Waals surface area contributed by atoms with Crippen LogP contribution in [0.2, 0.25) is 0 Å². The second kappa shape index (κ2) is 8.19. The SMILES string of the molecule is O/N=C1/C[C@@H](c2ccccc2)N[C@@H](c2ccccc2)[C@H]1Cc1ccccc1. The van der Waals surface area contributed by atoms with Gasteiger partial charge in [-0.15, -0.1) is 0 Å². The van der Waals surface area contributed by atoms with Gasteiger partial charge in [-0.05, 0) is 23.1 Å². The van der Waals surface area contributed by atoms with Crippen LogP contribution in [0.1, 0.15) is 35.2 Å². The number of oxime groups is 1. The first-order chi connectivity index (χ1) is 13.3. The summed E-state index contributed by atoms with van der Waals surface area (Å²) in [5.74, 6) is 0.111. The van der Waals surface area contributed by atoms with Crippen molar-refractivity contribution in [3.63, 3.8) is 0 Å². The van der Waals surface area contributed by atoms with Gasteiger partial charge >= 0.3 is 0 Å². The van der Waals surface area contributed by atoms with Crippen LogP contribution in [-0.2, 0) is 6.42 Å². The van der Waals surface area contributed by atoms with Gasteiger partial charge in [0.25, 0.3) is 0 Å². The van der Waals surface area contributed by atoms with E-state index in [1.165, 1.54) is 16.7 Å². The molecule has 0 aromatic heterocycles. The van der Waals surface area contributed by atoms with Crippen molar-refractivity contribution in [1.82, 2.24) is 5.32 Å². The van der Waals surface area contributed by atoms with Crippen molar-refractivity contribution < 1.29 is 5.21 Å². The number of hydrogen-bond donors (Lipinski definition) is 2. The first-order valence-electron chi connectivity index (χ1n) is 9.46. The fourth-order valence-electron chi connectivity index (χ4n) is 4.05. The highest BCUT2D eigenvalue weighted by Gasteiger charge is 2.36. The minimum atomic E-state index is 0.0938. The van der Waals surface area contributed by atoms with Gasteiger partial charge < -0.3 is 10.5 Å². The Hall–Kier alpha value is -2.91. The fourth-order valence-corrected chi connectivity index (χ4v) is 4.05. The lowest BCUT2D eigenvalue weighted by Gasteiger charge is -2.39. The summed E-state index contributed by atoms with van der Waals surface area (Å²) >= 11 is 0. The summed E-state index contributed by atoms with van der Waals surface area (Å²) in [7, 11) is 0. The highest BCUT2D eigenvalue weighted by Crippen LogP contribution is 2.37. The fraction of sp³-hybridized carbons (Fsp3) is 0.208. The summed E-state index contributed by atoms with van der Waals surface area (Å²) in [6.45, 7) is 0. The summed E-state index contributed by atoms with van der Waals surface area (Å²) in [5, 5.41) is 17.4. The molecule has 3 heteroatoms. The molecule has 0 aliphatic carbocycles. The molecule has 2 N–H and O–H groups in total. The lowest BCUT2D eigenvalue weighted by atomic mass is 9.77. The van der Waals surface area contributed by atoms with Gasteiger partial charge in [-0.2, -0.15) is 0 Å². The second-order valence-electron chi connectivity index (χ2n) is 7.11. The van der Waals surface area contributed by atoms with Crippen LogP contribution in [0.4, 0.5) is 0 Å². The molecule has 3 aromatic carbocycles. The average Bonchev–Trinajstić information content (AvgIpc) is 2.76. The van der Waals surface area contributed by atoms with Crippen LogP contribution >= 0.6 is 0 Å². The highest BCUT2D eigenvalue weighted by atomic mass is 16.4. The summed E-state index contributed by atoms with van der Waals surface area (Å²) < 4.78 is 0. The lowest BCUT2D eigenvalue weighted by Crippen LogP contribution is -2.43. The van der Waals surface area contributed by atoms with Crippen LogP contribution in [0.25, 0.3) is 0 Å². The molecule has 136 valence electrons. The number of piperidine rings is 1. The molecule has 0 saturated carbocycles. The van der Waals surface area contributed by atoms with E-state index >= 15 is 0 Å². The lowest BCUT2D eigenvalue weighted by molar-refractivity contribution is 0.288. The molecule has 3 aromatic rings. The van der Waals surface area contributed by atoms with E-state index in [0.29, 0.717) is 6.42 Å². The maximum absolute atomic E-state index is 9.83. The normalized spacial score (nSPS) is 24.0. The Bertz CT molecular complexity index is 878. The van der Waals surface area contributed by atoms with Gasteiger partial charge in [0.15, 0.2) is 0 Å². The van der Waals surface area contributed by atoms with E-state index in [-0.39, 0.29) is 18.0 Å². The van der Waals surface area contributed by atoms with E-state index in [2.05, 4.69) is 83.3 Å². The van der Waals surface area contributed by atoms with Gasteiger partial charge in [-0.1, -0.05) is 96.2 Å². The number of hydrogen-bond acceptors (Lipinski definition) is 3. The first kappa shape index (κ1) is 17.5. The Balaban J connectivity index is 1.70. The van der Waals surface area contributed by atoms with Gasteiger partial charge in [0.1, 0.15) is 0 Å². The Morgan fingerprint density at radius 3 is 1.93 bits per heavy atom. The Kier molecular flexibility index (Phi) is 5.31. The van der Waals surface area contributed by atoms with Crippen LogP contribution in [0.15, 0.2) is 96.2 Å². The topological polar surface area (TPSA) is 44.6 Å². The highest BCUT2D eigenvalue weighted by molar-refractivity contribution is 5.89. The van der Waals surface area contributed by atoms with Crippen molar-refractivity contribution in [3.05, 3.63) is 108 Å². The predicted octanol–water partition coefficient (Wildman–Crippen LogP) is 5.15. The van der Waals surface area contributed by atoms with Gasteiger partial charge in [0.2, 0.25) is 0 Å². The van der Waals surface area contributed by atoms with Gasteiger partial charge in [0, 0.05) is 24.4 Å². The summed E-state index contributed by atoms with van der Waals surface area (Å²) in [4.78, 5) is 0. The summed E-state index contributed by atoms with van der Waals surface area (Å²) in [6, 6.07) is 31.5. The van der Waals surface area contributed by atoms with Gasteiger partial charge in [-0.3, -0.25) is 0 Å². The Morgan fingerprint density at radius 2 is 1.33 bits per heavy atom. The molecule has 1 aliphatic heterocycles. The maximum Gasteiger partial charge on any atom is 0.0642 e. The van der Waals surface area contributed by atoms with E-state index < -0.39 is 0 Å². The average molecular weight is 356 g/mol. The zero-order valence-corrected chi connectivity index (χ0v) is 15.2. The van der Waals surface area contributed by atoms with Gasteiger partial charge in [-0.25, -0.2) is 0 Å². The van der Waals surface area contributed by atoms with Crippen molar-refractivity contribution >= 4 is 5.71 Å². The molecule has 1 aliphatic rings. The van der Waals surface area contributed by atoms with E-state index in [9.17, 15) is 5.21 Å². The molecule has 27 heavy (non-hydrogen) atoms. The van der Waals surface area contributed by atoms with Crippen LogP contribution in [0.3, 0.4) is 0 Å². The zero-order valence-electron chi connectivity index (χ0n) is 15.2. The largest absolute Gasteiger partial charge is 0.411 e. The monoisotopic (exact) mass is 356 g/mol. The zero-order chi connectivity index (χ0) is 18.5. The van der Waals surface area contributed by atoms with Crippen molar-refractivity contribution in [2.45, 2.75) is 24.9 Å². The van der Waals surface area contributed by atoms with Crippen LogP contribution < -0.4 is 5.32 Å². The number of benzene rings is 3. The number of nitrogens with zero attached hydrogens (tertiary/aromatic N) is 1. The minimum Gasteiger partial charge on any atom is -0.411 e. The van der Waals surface area contributed by atoms with E-state index in [1.54, 1.807) is 0 Å². The standard InChI is InChI=1S/C24H24N2O/c27-26-23-17-22(19-12-6-2-7-13-19)25-24(20-14-8-3-9-15-20)21(23)16-18-10-4-1-5-11-18/h1-15,21-22,24-25,27H,16-17H2/b26-23-/t21-,22-,24-/m0/s1. The van der Waals surface area contributed by atoms with Crippen LogP contribution in [0.5, 0.6) is 0 Å². The van der Waals surface area contributed by atoms with Crippen LogP contribution in [0, 0.1) is 5.92 Å². The third-order valence-corrected chi connectivity index (χ3v) is 5.41. The molecule has 0 radical (unpaired) electrons. The maximum atomic E-state index is 9.83. The molecule has 0 spiro atoms. The molecule has 1 fully saturated rings. The summed E-state index contributed by atoms with van der Waals surface area (Å²) in [5.41, 5.74) is 4.56. The molecule has 4 rings (SSSR count). The molecule has 3 nitrogen and oxygen atoms in total. The number of rotatable bonds is 4. The Morgan fingerprint density at radius 1 is 0.778 bits per heavy atom. The predicted molar refractivity (Wildman–Crippen MR) is 109 cm³/mol. The van der Waals surface area contributed by atoms with E-state index in [0.717, 1.165) is 12.1 Å². The molecule has 0 amide bonds. The van der Waals surface area contributed by atoms with Crippen LogP contribution in [-0.4, -0.2) is 10.9 Å². The van der Waals surface area contributed by atoms with Gasteiger partial charge in [0.05, 0.1) is 5.71 Å². The second-order valence-corrected chi connectivity index (χ2v) is 7.11. The quantitative estimate of drug-likeness (QED) is 0.501. The molecule has 3 atom stereocenters.